The summed E-state index contributed by atoms with van der Waals surface area (Å²) in [6.45, 7) is 2.35. The standard InChI is InChI=1S/C15H22N2O3/c18-14-3-1-2-9-17(14)10-8-16-11-12-4-6-13(7-5-12)15(19)20/h1-3,9,12-13,16H,4-8,10-11H2,(H,19,20). The van der Waals surface area contributed by atoms with E-state index in [1.807, 2.05) is 6.07 Å². The number of nitrogens with one attached hydrogen (secondary N) is 1. The van der Waals surface area contributed by atoms with Gasteiger partial charge in [0.25, 0.3) is 5.56 Å². The maximum Gasteiger partial charge on any atom is 0.306 e. The highest BCUT2D eigenvalue weighted by Crippen LogP contribution is 2.28. The molecular weight excluding hydrogens is 256 g/mol. The number of carboxylic acid groups (broad SMARTS) is 1. The third-order valence-electron chi connectivity index (χ3n) is 4.06. The first-order chi connectivity index (χ1) is 9.66. The summed E-state index contributed by atoms with van der Waals surface area (Å²) in [7, 11) is 0. The summed E-state index contributed by atoms with van der Waals surface area (Å²) in [5.74, 6) is -0.230. The molecule has 0 amide bonds. The fourth-order valence-corrected chi connectivity index (χ4v) is 2.76. The van der Waals surface area contributed by atoms with Crippen molar-refractivity contribution in [2.45, 2.75) is 32.2 Å². The molecule has 5 nitrogen and oxygen atoms in total. The Hall–Kier alpha value is -1.62. The van der Waals surface area contributed by atoms with Gasteiger partial charge < -0.3 is 15.0 Å². The Morgan fingerprint density at radius 3 is 2.70 bits per heavy atom. The summed E-state index contributed by atoms with van der Waals surface area (Å²) in [6.07, 6.45) is 5.34. The largest absolute Gasteiger partial charge is 0.481 e. The molecule has 0 unspecified atom stereocenters. The fraction of sp³-hybridized carbons (Fsp3) is 0.600. The molecule has 110 valence electrons. The molecule has 1 aromatic rings. The molecule has 1 heterocycles. The number of hydrogen-bond acceptors (Lipinski definition) is 3. The summed E-state index contributed by atoms with van der Waals surface area (Å²) in [6, 6.07) is 5.16. The van der Waals surface area contributed by atoms with Gasteiger partial charge in [-0.25, -0.2) is 0 Å². The predicted octanol–water partition coefficient (Wildman–Crippen LogP) is 1.33. The first kappa shape index (κ1) is 14.8. The number of rotatable bonds is 6. The van der Waals surface area contributed by atoms with E-state index >= 15 is 0 Å². The van der Waals surface area contributed by atoms with Gasteiger partial charge in [-0.2, -0.15) is 0 Å². The summed E-state index contributed by atoms with van der Waals surface area (Å²) < 4.78 is 1.69. The molecule has 1 fully saturated rings. The van der Waals surface area contributed by atoms with Crippen molar-refractivity contribution < 1.29 is 9.90 Å². The Balaban J connectivity index is 1.64. The van der Waals surface area contributed by atoms with E-state index in [0.29, 0.717) is 12.5 Å². The lowest BCUT2D eigenvalue weighted by molar-refractivity contribution is -0.143. The van der Waals surface area contributed by atoms with Crippen molar-refractivity contribution in [3.63, 3.8) is 0 Å². The van der Waals surface area contributed by atoms with E-state index in [0.717, 1.165) is 38.8 Å². The molecule has 5 heteroatoms. The van der Waals surface area contributed by atoms with Gasteiger partial charge in [0.1, 0.15) is 0 Å². The highest BCUT2D eigenvalue weighted by atomic mass is 16.4. The summed E-state index contributed by atoms with van der Waals surface area (Å²) in [4.78, 5) is 22.4. The zero-order chi connectivity index (χ0) is 14.4. The Morgan fingerprint density at radius 2 is 2.05 bits per heavy atom. The average molecular weight is 278 g/mol. The van der Waals surface area contributed by atoms with Crippen LogP contribution in [0.1, 0.15) is 25.7 Å². The van der Waals surface area contributed by atoms with E-state index in [9.17, 15) is 9.59 Å². The molecule has 0 saturated heterocycles. The van der Waals surface area contributed by atoms with Crippen molar-refractivity contribution in [2.24, 2.45) is 11.8 Å². The Labute approximate surface area is 118 Å². The fourth-order valence-electron chi connectivity index (χ4n) is 2.76. The molecule has 1 saturated carbocycles. The Kier molecular flexibility index (Phi) is 5.35. The van der Waals surface area contributed by atoms with Gasteiger partial charge in [0.05, 0.1) is 5.92 Å². The van der Waals surface area contributed by atoms with E-state index in [1.54, 1.807) is 22.9 Å². The van der Waals surface area contributed by atoms with E-state index in [-0.39, 0.29) is 11.5 Å². The molecule has 0 spiro atoms. The van der Waals surface area contributed by atoms with Gasteiger partial charge in [-0.05, 0) is 44.2 Å². The number of hydrogen-bond donors (Lipinski definition) is 2. The normalized spacial score (nSPS) is 22.6. The van der Waals surface area contributed by atoms with Crippen molar-refractivity contribution in [1.82, 2.24) is 9.88 Å². The minimum Gasteiger partial charge on any atom is -0.481 e. The summed E-state index contributed by atoms with van der Waals surface area (Å²) in [5.41, 5.74) is 0.0243. The maximum atomic E-state index is 11.5. The molecule has 2 N–H and O–H groups in total. The highest BCUT2D eigenvalue weighted by molar-refractivity contribution is 5.69. The minimum absolute atomic E-state index is 0.0243. The second-order valence-corrected chi connectivity index (χ2v) is 5.49. The molecular formula is C15H22N2O3. The van der Waals surface area contributed by atoms with Crippen LogP contribution in [0, 0.1) is 11.8 Å². The van der Waals surface area contributed by atoms with Gasteiger partial charge in [0.15, 0.2) is 0 Å². The number of aliphatic carboxylic acids is 1. The van der Waals surface area contributed by atoms with Gasteiger partial charge >= 0.3 is 5.97 Å². The van der Waals surface area contributed by atoms with Crippen LogP contribution in [-0.4, -0.2) is 28.7 Å². The first-order valence-electron chi connectivity index (χ1n) is 7.26. The molecule has 0 aliphatic heterocycles. The van der Waals surface area contributed by atoms with Crippen LogP contribution in [0.2, 0.25) is 0 Å². The van der Waals surface area contributed by atoms with Crippen LogP contribution in [0.15, 0.2) is 29.2 Å². The van der Waals surface area contributed by atoms with Crippen molar-refractivity contribution in [3.05, 3.63) is 34.7 Å². The highest BCUT2D eigenvalue weighted by Gasteiger charge is 2.25. The Bertz CT molecular complexity index is 490. The molecule has 2 rings (SSSR count). The van der Waals surface area contributed by atoms with Crippen LogP contribution < -0.4 is 10.9 Å². The van der Waals surface area contributed by atoms with E-state index in [1.165, 1.54) is 0 Å². The van der Waals surface area contributed by atoms with Gasteiger partial charge in [0, 0.05) is 25.4 Å². The van der Waals surface area contributed by atoms with Gasteiger partial charge in [-0.3, -0.25) is 9.59 Å². The third kappa shape index (κ3) is 4.20. The lowest BCUT2D eigenvalue weighted by Gasteiger charge is -2.26. The molecule has 0 bridgehead atoms. The molecule has 1 aromatic heterocycles. The summed E-state index contributed by atoms with van der Waals surface area (Å²) >= 11 is 0. The number of carboxylic acids is 1. The van der Waals surface area contributed by atoms with Crippen molar-refractivity contribution in [1.29, 1.82) is 0 Å². The number of carbonyl (C=O) groups is 1. The number of nitrogens with zero attached hydrogens (tertiary/aromatic N) is 1. The summed E-state index contributed by atoms with van der Waals surface area (Å²) in [5, 5.41) is 12.3. The molecule has 1 aliphatic carbocycles. The zero-order valence-electron chi connectivity index (χ0n) is 11.6. The first-order valence-corrected chi connectivity index (χ1v) is 7.26. The van der Waals surface area contributed by atoms with Crippen molar-refractivity contribution >= 4 is 5.97 Å². The van der Waals surface area contributed by atoms with Crippen LogP contribution >= 0.6 is 0 Å². The maximum absolute atomic E-state index is 11.5. The van der Waals surface area contributed by atoms with E-state index < -0.39 is 5.97 Å². The minimum atomic E-state index is -0.653. The van der Waals surface area contributed by atoms with Crippen LogP contribution in [0.25, 0.3) is 0 Å². The van der Waals surface area contributed by atoms with Gasteiger partial charge in [-0.15, -0.1) is 0 Å². The number of aromatic nitrogens is 1. The van der Waals surface area contributed by atoms with Crippen molar-refractivity contribution in [2.75, 3.05) is 13.1 Å². The lowest BCUT2D eigenvalue weighted by atomic mass is 9.82. The third-order valence-corrected chi connectivity index (χ3v) is 4.06. The van der Waals surface area contributed by atoms with Gasteiger partial charge in [0.2, 0.25) is 0 Å². The molecule has 0 radical (unpaired) electrons. The topological polar surface area (TPSA) is 71.3 Å². The zero-order valence-corrected chi connectivity index (χ0v) is 11.6. The predicted molar refractivity (Wildman–Crippen MR) is 76.7 cm³/mol. The quantitative estimate of drug-likeness (QED) is 0.770. The molecule has 0 aromatic carbocycles. The molecule has 1 aliphatic rings. The van der Waals surface area contributed by atoms with Crippen LogP contribution in [-0.2, 0) is 11.3 Å². The molecule has 20 heavy (non-hydrogen) atoms. The van der Waals surface area contributed by atoms with Crippen LogP contribution in [0.4, 0.5) is 0 Å². The second-order valence-electron chi connectivity index (χ2n) is 5.49. The average Bonchev–Trinajstić information content (AvgIpc) is 2.46. The number of pyridine rings is 1. The van der Waals surface area contributed by atoms with Crippen LogP contribution in [0.3, 0.4) is 0 Å². The monoisotopic (exact) mass is 278 g/mol. The molecule has 0 atom stereocenters. The van der Waals surface area contributed by atoms with E-state index in [2.05, 4.69) is 5.32 Å². The van der Waals surface area contributed by atoms with Gasteiger partial charge in [-0.1, -0.05) is 6.07 Å². The van der Waals surface area contributed by atoms with E-state index in [4.69, 9.17) is 5.11 Å². The smallest absolute Gasteiger partial charge is 0.306 e. The van der Waals surface area contributed by atoms with Crippen LogP contribution in [0.5, 0.6) is 0 Å². The van der Waals surface area contributed by atoms with Crippen molar-refractivity contribution in [3.8, 4) is 0 Å². The SMILES string of the molecule is O=C(O)C1CCC(CNCCn2ccccc2=O)CC1. The second kappa shape index (κ2) is 7.24. The lowest BCUT2D eigenvalue weighted by Crippen LogP contribution is -2.32. The Morgan fingerprint density at radius 1 is 1.30 bits per heavy atom.